The Morgan fingerprint density at radius 1 is 1.24 bits per heavy atom. The van der Waals surface area contributed by atoms with Crippen LogP contribution in [0.25, 0.3) is 0 Å². The van der Waals surface area contributed by atoms with Crippen molar-refractivity contribution in [1.29, 1.82) is 0 Å². The van der Waals surface area contributed by atoms with Crippen LogP contribution in [0.5, 0.6) is 5.75 Å². The van der Waals surface area contributed by atoms with Gasteiger partial charge in [-0.3, -0.25) is 4.79 Å². The number of rotatable bonds is 6. The molecule has 0 amide bonds. The maximum absolute atomic E-state index is 10.8. The SMILES string of the molecule is CCOCC(CC)c1ccc(OC(C)=O)cc1. The third kappa shape index (κ3) is 4.57. The predicted octanol–water partition coefficient (Wildman–Crippen LogP) is 3.14. The zero-order valence-corrected chi connectivity index (χ0v) is 10.7. The molecule has 0 radical (unpaired) electrons. The first-order chi connectivity index (χ1) is 8.17. The molecule has 0 heterocycles. The van der Waals surface area contributed by atoms with Gasteiger partial charge in [0, 0.05) is 19.4 Å². The second-order valence-electron chi connectivity index (χ2n) is 3.93. The van der Waals surface area contributed by atoms with Crippen molar-refractivity contribution in [3.8, 4) is 5.75 Å². The van der Waals surface area contributed by atoms with Crippen LogP contribution in [0.4, 0.5) is 0 Å². The minimum Gasteiger partial charge on any atom is -0.427 e. The molecule has 0 spiro atoms. The summed E-state index contributed by atoms with van der Waals surface area (Å²) in [7, 11) is 0. The van der Waals surface area contributed by atoms with Gasteiger partial charge in [0.2, 0.25) is 0 Å². The predicted molar refractivity (Wildman–Crippen MR) is 67.3 cm³/mol. The van der Waals surface area contributed by atoms with Gasteiger partial charge in [0.1, 0.15) is 5.75 Å². The second-order valence-corrected chi connectivity index (χ2v) is 3.93. The Morgan fingerprint density at radius 2 is 1.88 bits per heavy atom. The number of benzene rings is 1. The highest BCUT2D eigenvalue weighted by Crippen LogP contribution is 2.22. The highest BCUT2D eigenvalue weighted by molar-refractivity contribution is 5.69. The van der Waals surface area contributed by atoms with E-state index in [4.69, 9.17) is 9.47 Å². The lowest BCUT2D eigenvalue weighted by molar-refractivity contribution is -0.131. The molecule has 0 bridgehead atoms. The lowest BCUT2D eigenvalue weighted by Crippen LogP contribution is -2.07. The van der Waals surface area contributed by atoms with Crippen molar-refractivity contribution in [3.05, 3.63) is 29.8 Å². The van der Waals surface area contributed by atoms with Crippen LogP contribution in [0, 0.1) is 0 Å². The van der Waals surface area contributed by atoms with Crippen LogP contribution < -0.4 is 4.74 Å². The fourth-order valence-corrected chi connectivity index (χ4v) is 1.68. The summed E-state index contributed by atoms with van der Waals surface area (Å²) in [4.78, 5) is 10.8. The molecule has 0 saturated carbocycles. The minimum atomic E-state index is -0.292. The Balaban J connectivity index is 2.67. The Bertz CT molecular complexity index is 343. The molecule has 3 nitrogen and oxygen atoms in total. The van der Waals surface area contributed by atoms with E-state index in [9.17, 15) is 4.79 Å². The molecule has 1 unspecified atom stereocenters. The highest BCUT2D eigenvalue weighted by atomic mass is 16.5. The van der Waals surface area contributed by atoms with E-state index in [2.05, 4.69) is 6.92 Å². The molecular weight excluding hydrogens is 216 g/mol. The van der Waals surface area contributed by atoms with Crippen LogP contribution >= 0.6 is 0 Å². The third-order valence-electron chi connectivity index (χ3n) is 2.63. The van der Waals surface area contributed by atoms with E-state index in [1.807, 2.05) is 31.2 Å². The first kappa shape index (κ1) is 13.7. The van der Waals surface area contributed by atoms with Gasteiger partial charge in [0.05, 0.1) is 6.61 Å². The number of ether oxygens (including phenoxy) is 2. The molecular formula is C14H20O3. The number of hydrogen-bond acceptors (Lipinski definition) is 3. The monoisotopic (exact) mass is 236 g/mol. The van der Waals surface area contributed by atoms with Crippen molar-refractivity contribution in [2.24, 2.45) is 0 Å². The van der Waals surface area contributed by atoms with Crippen molar-refractivity contribution in [2.45, 2.75) is 33.1 Å². The first-order valence-electron chi connectivity index (χ1n) is 6.03. The molecule has 3 heteroatoms. The van der Waals surface area contributed by atoms with Crippen LogP contribution in [0.15, 0.2) is 24.3 Å². The van der Waals surface area contributed by atoms with Gasteiger partial charge in [-0.1, -0.05) is 19.1 Å². The number of esters is 1. The van der Waals surface area contributed by atoms with Crippen molar-refractivity contribution < 1.29 is 14.3 Å². The molecule has 1 aromatic rings. The molecule has 94 valence electrons. The molecule has 0 aromatic heterocycles. The average Bonchev–Trinajstić information content (AvgIpc) is 2.31. The summed E-state index contributed by atoms with van der Waals surface area (Å²) in [5, 5.41) is 0. The molecule has 17 heavy (non-hydrogen) atoms. The zero-order chi connectivity index (χ0) is 12.7. The second kappa shape index (κ2) is 7.07. The lowest BCUT2D eigenvalue weighted by Gasteiger charge is -2.15. The van der Waals surface area contributed by atoms with E-state index in [1.54, 1.807) is 0 Å². The van der Waals surface area contributed by atoms with Crippen molar-refractivity contribution in [2.75, 3.05) is 13.2 Å². The summed E-state index contributed by atoms with van der Waals surface area (Å²) >= 11 is 0. The fraction of sp³-hybridized carbons (Fsp3) is 0.500. The van der Waals surface area contributed by atoms with Crippen LogP contribution in [-0.4, -0.2) is 19.2 Å². The van der Waals surface area contributed by atoms with E-state index < -0.39 is 0 Å². The maximum atomic E-state index is 10.8. The summed E-state index contributed by atoms with van der Waals surface area (Å²) in [5.41, 5.74) is 1.22. The van der Waals surface area contributed by atoms with Crippen molar-refractivity contribution >= 4 is 5.97 Å². The molecule has 0 saturated heterocycles. The largest absolute Gasteiger partial charge is 0.427 e. The van der Waals surface area contributed by atoms with Gasteiger partial charge >= 0.3 is 5.97 Å². The zero-order valence-electron chi connectivity index (χ0n) is 10.7. The summed E-state index contributed by atoms with van der Waals surface area (Å²) in [6, 6.07) is 7.63. The molecule has 1 aromatic carbocycles. The van der Waals surface area contributed by atoms with E-state index in [-0.39, 0.29) is 5.97 Å². The minimum absolute atomic E-state index is 0.292. The number of carbonyl (C=O) groups is 1. The Kier molecular flexibility index (Phi) is 5.70. The van der Waals surface area contributed by atoms with Gasteiger partial charge in [0.25, 0.3) is 0 Å². The van der Waals surface area contributed by atoms with E-state index >= 15 is 0 Å². The first-order valence-corrected chi connectivity index (χ1v) is 6.03. The number of hydrogen-bond donors (Lipinski definition) is 0. The van der Waals surface area contributed by atoms with Gasteiger partial charge in [-0.15, -0.1) is 0 Å². The van der Waals surface area contributed by atoms with Gasteiger partial charge in [-0.25, -0.2) is 0 Å². The topological polar surface area (TPSA) is 35.5 Å². The van der Waals surface area contributed by atoms with E-state index in [0.29, 0.717) is 11.7 Å². The van der Waals surface area contributed by atoms with Crippen LogP contribution in [0.2, 0.25) is 0 Å². The molecule has 1 rings (SSSR count). The smallest absolute Gasteiger partial charge is 0.308 e. The molecule has 0 aliphatic heterocycles. The molecule has 0 N–H and O–H groups in total. The Morgan fingerprint density at radius 3 is 2.35 bits per heavy atom. The summed E-state index contributed by atoms with van der Waals surface area (Å²) in [5.74, 6) is 0.702. The summed E-state index contributed by atoms with van der Waals surface area (Å²) < 4.78 is 10.4. The van der Waals surface area contributed by atoms with Crippen LogP contribution in [0.1, 0.15) is 38.7 Å². The molecule has 1 atom stereocenters. The molecule has 0 aliphatic rings. The lowest BCUT2D eigenvalue weighted by atomic mass is 9.97. The van der Waals surface area contributed by atoms with E-state index in [0.717, 1.165) is 19.6 Å². The van der Waals surface area contributed by atoms with Crippen molar-refractivity contribution in [1.82, 2.24) is 0 Å². The van der Waals surface area contributed by atoms with Gasteiger partial charge in [-0.2, -0.15) is 0 Å². The maximum Gasteiger partial charge on any atom is 0.308 e. The van der Waals surface area contributed by atoms with Crippen LogP contribution in [0.3, 0.4) is 0 Å². The van der Waals surface area contributed by atoms with Crippen LogP contribution in [-0.2, 0) is 9.53 Å². The molecule has 0 fully saturated rings. The third-order valence-corrected chi connectivity index (χ3v) is 2.63. The Hall–Kier alpha value is -1.35. The van der Waals surface area contributed by atoms with Gasteiger partial charge in [0.15, 0.2) is 0 Å². The normalized spacial score (nSPS) is 12.2. The van der Waals surface area contributed by atoms with Gasteiger partial charge in [-0.05, 0) is 31.0 Å². The molecule has 0 aliphatic carbocycles. The van der Waals surface area contributed by atoms with Crippen molar-refractivity contribution in [3.63, 3.8) is 0 Å². The Labute approximate surface area is 103 Å². The quantitative estimate of drug-likeness (QED) is 0.562. The van der Waals surface area contributed by atoms with E-state index in [1.165, 1.54) is 12.5 Å². The summed E-state index contributed by atoms with van der Waals surface area (Å²) in [6.07, 6.45) is 1.03. The highest BCUT2D eigenvalue weighted by Gasteiger charge is 2.09. The standard InChI is InChI=1S/C14H20O3/c1-4-12(10-16-5-2)13-6-8-14(9-7-13)17-11(3)15/h6-9,12H,4-5,10H2,1-3H3. The fourth-order valence-electron chi connectivity index (χ4n) is 1.68. The van der Waals surface area contributed by atoms with Gasteiger partial charge < -0.3 is 9.47 Å². The summed E-state index contributed by atoms with van der Waals surface area (Å²) in [6.45, 7) is 7.01. The average molecular weight is 236 g/mol. The number of carbonyl (C=O) groups excluding carboxylic acids is 1.